The molecule has 1 amide bonds. The van der Waals surface area contributed by atoms with E-state index in [4.69, 9.17) is 4.74 Å². The van der Waals surface area contributed by atoms with Crippen molar-refractivity contribution in [1.82, 2.24) is 19.6 Å². The van der Waals surface area contributed by atoms with Crippen LogP contribution in [-0.4, -0.2) is 32.1 Å². The summed E-state index contributed by atoms with van der Waals surface area (Å²) < 4.78 is 9.22. The number of fused-ring (bicyclic) bond motifs is 1. The number of benzene rings is 1. The Kier molecular flexibility index (Phi) is 5.25. The number of rotatable bonds is 7. The van der Waals surface area contributed by atoms with E-state index in [9.17, 15) is 4.79 Å². The average molecular weight is 355 g/mol. The predicted octanol–water partition coefficient (Wildman–Crippen LogP) is 3.55. The number of anilines is 1. The number of nitrogens with zero attached hydrogens (tertiary/aromatic N) is 4. The van der Waals surface area contributed by atoms with Crippen LogP contribution in [0.4, 0.5) is 5.69 Å². The molecule has 0 atom stereocenters. The molecule has 0 radical (unpaired) electrons. The summed E-state index contributed by atoms with van der Waals surface area (Å²) in [4.78, 5) is 12.2. The van der Waals surface area contributed by atoms with Crippen LogP contribution < -0.4 is 10.1 Å². The Bertz CT molecular complexity index is 893. The largest absolute Gasteiger partial charge is 0.494 e. The molecule has 3 aromatic rings. The van der Waals surface area contributed by atoms with Crippen molar-refractivity contribution < 1.29 is 9.53 Å². The van der Waals surface area contributed by atoms with Crippen LogP contribution in [0.25, 0.3) is 11.0 Å². The van der Waals surface area contributed by atoms with Gasteiger partial charge in [0.1, 0.15) is 16.8 Å². The first kappa shape index (κ1) is 18.0. The van der Waals surface area contributed by atoms with Crippen molar-refractivity contribution in [2.75, 3.05) is 11.9 Å². The topological polar surface area (TPSA) is 74.0 Å². The summed E-state index contributed by atoms with van der Waals surface area (Å²) in [6.07, 6.45) is 2.16. The van der Waals surface area contributed by atoms with Gasteiger partial charge in [0.15, 0.2) is 0 Å². The van der Waals surface area contributed by atoms with Gasteiger partial charge in [-0.2, -0.15) is 10.2 Å². The van der Waals surface area contributed by atoms with Crippen molar-refractivity contribution in [3.8, 4) is 5.75 Å². The zero-order valence-electron chi connectivity index (χ0n) is 15.7. The van der Waals surface area contributed by atoms with E-state index in [0.29, 0.717) is 19.6 Å². The van der Waals surface area contributed by atoms with Crippen LogP contribution in [0, 0.1) is 6.92 Å². The van der Waals surface area contributed by atoms with Crippen LogP contribution >= 0.6 is 0 Å². The van der Waals surface area contributed by atoms with E-state index in [1.54, 1.807) is 0 Å². The van der Waals surface area contributed by atoms with Crippen molar-refractivity contribution in [3.05, 3.63) is 36.2 Å². The summed E-state index contributed by atoms with van der Waals surface area (Å²) in [5, 5.41) is 11.9. The quantitative estimate of drug-likeness (QED) is 0.703. The van der Waals surface area contributed by atoms with Crippen molar-refractivity contribution in [2.24, 2.45) is 0 Å². The van der Waals surface area contributed by atoms with Crippen molar-refractivity contribution in [1.29, 1.82) is 0 Å². The summed E-state index contributed by atoms with van der Waals surface area (Å²) in [7, 11) is 0. The van der Waals surface area contributed by atoms with Crippen molar-refractivity contribution >= 4 is 22.6 Å². The third-order valence-electron chi connectivity index (χ3n) is 4.16. The van der Waals surface area contributed by atoms with Gasteiger partial charge in [0.05, 0.1) is 25.0 Å². The van der Waals surface area contributed by atoms with Gasteiger partial charge in [-0.15, -0.1) is 0 Å². The lowest BCUT2D eigenvalue weighted by Crippen LogP contribution is -2.15. The molecule has 138 valence electrons. The maximum absolute atomic E-state index is 12.2. The smallest absolute Gasteiger partial charge is 0.226 e. The lowest BCUT2D eigenvalue weighted by molar-refractivity contribution is -0.116. The summed E-state index contributed by atoms with van der Waals surface area (Å²) in [5.74, 6) is 0.744. The average Bonchev–Trinajstić information content (AvgIpc) is 3.16. The molecule has 0 aliphatic carbocycles. The minimum atomic E-state index is -0.0493. The molecule has 0 bridgehead atoms. The monoisotopic (exact) mass is 355 g/mol. The SMILES string of the molecule is CCOc1ccc(NC(=O)CCn2ncc3c2c(C)nn3C(C)C)cc1. The van der Waals surface area contributed by atoms with Crippen LogP contribution in [0.1, 0.15) is 38.9 Å². The molecule has 0 spiro atoms. The van der Waals surface area contributed by atoms with Gasteiger partial charge < -0.3 is 10.1 Å². The standard InChI is InChI=1S/C19H25N5O2/c1-5-26-16-8-6-15(7-9-16)21-18(25)10-11-23-19-14(4)22-24(13(2)3)17(19)12-20-23/h6-9,12-13H,5,10-11H2,1-4H3,(H,21,25). The normalized spacial score (nSPS) is 11.3. The third-order valence-corrected chi connectivity index (χ3v) is 4.16. The molecule has 2 aromatic heterocycles. The number of aryl methyl sites for hydroxylation is 2. The highest BCUT2D eigenvalue weighted by atomic mass is 16.5. The van der Waals surface area contributed by atoms with Gasteiger partial charge in [0.25, 0.3) is 0 Å². The van der Waals surface area contributed by atoms with Crippen LogP contribution in [-0.2, 0) is 11.3 Å². The highest BCUT2D eigenvalue weighted by Crippen LogP contribution is 2.21. The highest BCUT2D eigenvalue weighted by molar-refractivity contribution is 5.90. The molecule has 26 heavy (non-hydrogen) atoms. The van der Waals surface area contributed by atoms with E-state index >= 15 is 0 Å². The Morgan fingerprint density at radius 2 is 2.00 bits per heavy atom. The summed E-state index contributed by atoms with van der Waals surface area (Å²) in [6.45, 7) is 9.22. The Labute approximate surface area is 152 Å². The van der Waals surface area contributed by atoms with Gasteiger partial charge >= 0.3 is 0 Å². The van der Waals surface area contributed by atoms with E-state index in [1.807, 2.05) is 53.7 Å². The van der Waals surface area contributed by atoms with Crippen molar-refractivity contribution in [3.63, 3.8) is 0 Å². The maximum Gasteiger partial charge on any atom is 0.226 e. The van der Waals surface area contributed by atoms with Crippen LogP contribution in [0.3, 0.4) is 0 Å². The fourth-order valence-corrected chi connectivity index (χ4v) is 2.97. The summed E-state index contributed by atoms with van der Waals surface area (Å²) in [5.41, 5.74) is 3.68. The summed E-state index contributed by atoms with van der Waals surface area (Å²) >= 11 is 0. The number of hydrogen-bond acceptors (Lipinski definition) is 4. The number of aromatic nitrogens is 4. The molecule has 0 saturated heterocycles. The molecular weight excluding hydrogens is 330 g/mol. The second-order valence-electron chi connectivity index (χ2n) is 6.48. The molecule has 0 unspecified atom stereocenters. The first-order chi connectivity index (χ1) is 12.5. The minimum Gasteiger partial charge on any atom is -0.494 e. The lowest BCUT2D eigenvalue weighted by atomic mass is 10.3. The molecule has 0 fully saturated rings. The van der Waals surface area contributed by atoms with Crippen LogP contribution in [0.2, 0.25) is 0 Å². The number of carbonyl (C=O) groups is 1. The van der Waals surface area contributed by atoms with E-state index in [1.165, 1.54) is 0 Å². The molecule has 7 heteroatoms. The fraction of sp³-hybridized carbons (Fsp3) is 0.421. The molecule has 0 aliphatic heterocycles. The van der Waals surface area contributed by atoms with Crippen LogP contribution in [0.15, 0.2) is 30.5 Å². The minimum absolute atomic E-state index is 0.0493. The Morgan fingerprint density at radius 1 is 1.27 bits per heavy atom. The van der Waals surface area contributed by atoms with Gasteiger partial charge in [0, 0.05) is 18.2 Å². The Morgan fingerprint density at radius 3 is 2.65 bits per heavy atom. The van der Waals surface area contributed by atoms with Crippen LogP contribution in [0.5, 0.6) is 5.75 Å². The summed E-state index contributed by atoms with van der Waals surface area (Å²) in [6, 6.07) is 7.64. The highest BCUT2D eigenvalue weighted by Gasteiger charge is 2.15. The number of amides is 1. The second-order valence-corrected chi connectivity index (χ2v) is 6.48. The zero-order valence-corrected chi connectivity index (χ0v) is 15.7. The number of ether oxygens (including phenoxy) is 1. The van der Waals surface area contributed by atoms with Gasteiger partial charge in [-0.05, 0) is 52.0 Å². The van der Waals surface area contributed by atoms with Gasteiger partial charge in [0.2, 0.25) is 5.91 Å². The van der Waals surface area contributed by atoms with E-state index in [0.717, 1.165) is 28.2 Å². The molecule has 0 saturated carbocycles. The molecule has 1 aromatic carbocycles. The number of nitrogens with one attached hydrogen (secondary N) is 1. The molecule has 2 heterocycles. The predicted molar refractivity (Wildman–Crippen MR) is 101 cm³/mol. The first-order valence-corrected chi connectivity index (χ1v) is 8.93. The molecule has 0 aliphatic rings. The maximum atomic E-state index is 12.2. The van der Waals surface area contributed by atoms with Crippen molar-refractivity contribution in [2.45, 2.75) is 46.7 Å². The van der Waals surface area contributed by atoms with E-state index in [-0.39, 0.29) is 11.9 Å². The van der Waals surface area contributed by atoms with E-state index < -0.39 is 0 Å². The molecule has 7 nitrogen and oxygen atoms in total. The number of carbonyl (C=O) groups excluding carboxylic acids is 1. The van der Waals surface area contributed by atoms with E-state index in [2.05, 4.69) is 29.4 Å². The lowest BCUT2D eigenvalue weighted by Gasteiger charge is -2.07. The Balaban J connectivity index is 1.63. The first-order valence-electron chi connectivity index (χ1n) is 8.93. The molecule has 3 rings (SSSR count). The van der Waals surface area contributed by atoms with Gasteiger partial charge in [-0.1, -0.05) is 0 Å². The molecule has 1 N–H and O–H groups in total. The fourth-order valence-electron chi connectivity index (χ4n) is 2.97. The molecular formula is C19H25N5O2. The van der Waals surface area contributed by atoms with Gasteiger partial charge in [-0.25, -0.2) is 0 Å². The third kappa shape index (κ3) is 3.71. The second kappa shape index (κ2) is 7.59. The number of hydrogen-bond donors (Lipinski definition) is 1. The van der Waals surface area contributed by atoms with Gasteiger partial charge in [-0.3, -0.25) is 14.2 Å². The zero-order chi connectivity index (χ0) is 18.7. The Hall–Kier alpha value is -2.83.